The zero-order valence-electron chi connectivity index (χ0n) is 11.6. The molecule has 2 heterocycles. The van der Waals surface area contributed by atoms with Gasteiger partial charge in [-0.05, 0) is 30.7 Å². The average molecular weight is 294 g/mol. The Morgan fingerprint density at radius 1 is 1.19 bits per heavy atom. The van der Waals surface area contributed by atoms with Crippen molar-refractivity contribution in [2.75, 3.05) is 5.32 Å². The van der Waals surface area contributed by atoms with Gasteiger partial charge in [-0.25, -0.2) is 0 Å². The molecule has 6 heteroatoms. The molecule has 0 aliphatic carbocycles. The average Bonchev–Trinajstić information content (AvgIpc) is 2.98. The minimum Gasteiger partial charge on any atom is -0.395 e. The number of aryl methyl sites for hydroxylation is 1. The number of hydrogen-bond donors (Lipinski definition) is 1. The van der Waals surface area contributed by atoms with Crippen molar-refractivity contribution in [1.29, 1.82) is 0 Å². The summed E-state index contributed by atoms with van der Waals surface area (Å²) in [5.74, 6) is 0.105. The summed E-state index contributed by atoms with van der Waals surface area (Å²) in [6.07, 6.45) is -0.488. The van der Waals surface area contributed by atoms with E-state index in [2.05, 4.69) is 26.3 Å². The molecule has 1 aliphatic rings. The van der Waals surface area contributed by atoms with Crippen LogP contribution in [0.15, 0.2) is 36.5 Å². The van der Waals surface area contributed by atoms with Gasteiger partial charge in [-0.1, -0.05) is 6.92 Å². The standard InChI is InChI=1S/C15H16F2N2O2/c1-2-7-19-8-3-4-12(19)10-18-11-5-6-13-14(9-11)21-15(16,17)20-13/h3-6,8-9,18H,2,7,10H2,1H3. The van der Waals surface area contributed by atoms with Crippen LogP contribution in [-0.2, 0) is 13.1 Å². The monoisotopic (exact) mass is 294 g/mol. The fraction of sp³-hybridized carbons (Fsp3) is 0.333. The third-order valence-electron chi connectivity index (χ3n) is 3.26. The first kappa shape index (κ1) is 13.7. The summed E-state index contributed by atoms with van der Waals surface area (Å²) in [6.45, 7) is 3.69. The number of benzene rings is 1. The first-order chi connectivity index (χ1) is 10.1. The summed E-state index contributed by atoms with van der Waals surface area (Å²) in [7, 11) is 0. The molecule has 1 aromatic carbocycles. The van der Waals surface area contributed by atoms with Gasteiger partial charge in [0.2, 0.25) is 0 Å². The van der Waals surface area contributed by atoms with E-state index in [1.54, 1.807) is 6.07 Å². The van der Waals surface area contributed by atoms with Gasteiger partial charge in [-0.3, -0.25) is 0 Å². The van der Waals surface area contributed by atoms with E-state index in [-0.39, 0.29) is 11.5 Å². The molecule has 1 N–H and O–H groups in total. The minimum atomic E-state index is -3.57. The Bertz CT molecular complexity index is 640. The predicted molar refractivity (Wildman–Crippen MR) is 74.7 cm³/mol. The molecule has 0 fully saturated rings. The molecule has 0 saturated heterocycles. The predicted octanol–water partition coefficient (Wildman–Crippen LogP) is 3.83. The second kappa shape index (κ2) is 5.27. The normalized spacial score (nSPS) is 15.2. The van der Waals surface area contributed by atoms with Crippen molar-refractivity contribution in [3.05, 3.63) is 42.2 Å². The molecule has 0 spiro atoms. The largest absolute Gasteiger partial charge is 0.586 e. The quantitative estimate of drug-likeness (QED) is 0.910. The Labute approximate surface area is 121 Å². The molecular weight excluding hydrogens is 278 g/mol. The minimum absolute atomic E-state index is 0.0499. The number of halogens is 2. The lowest BCUT2D eigenvalue weighted by Gasteiger charge is -2.10. The molecule has 4 nitrogen and oxygen atoms in total. The third kappa shape index (κ3) is 2.94. The Morgan fingerprint density at radius 2 is 2.00 bits per heavy atom. The van der Waals surface area contributed by atoms with Crippen LogP contribution in [0, 0.1) is 0 Å². The first-order valence-corrected chi connectivity index (χ1v) is 6.85. The summed E-state index contributed by atoms with van der Waals surface area (Å²) in [5, 5.41) is 3.20. The molecule has 3 rings (SSSR count). The molecule has 1 aromatic heterocycles. The van der Waals surface area contributed by atoms with Crippen molar-refractivity contribution in [2.24, 2.45) is 0 Å². The van der Waals surface area contributed by atoms with E-state index in [0.717, 1.165) is 18.7 Å². The van der Waals surface area contributed by atoms with E-state index < -0.39 is 6.29 Å². The summed E-state index contributed by atoms with van der Waals surface area (Å²) in [6, 6.07) is 8.71. The van der Waals surface area contributed by atoms with Crippen LogP contribution in [0.4, 0.5) is 14.5 Å². The highest BCUT2D eigenvalue weighted by molar-refractivity contribution is 5.56. The van der Waals surface area contributed by atoms with Gasteiger partial charge in [0, 0.05) is 30.2 Å². The lowest BCUT2D eigenvalue weighted by atomic mass is 10.2. The van der Waals surface area contributed by atoms with Gasteiger partial charge in [0.25, 0.3) is 0 Å². The number of alkyl halides is 2. The lowest BCUT2D eigenvalue weighted by molar-refractivity contribution is -0.286. The van der Waals surface area contributed by atoms with Crippen molar-refractivity contribution in [1.82, 2.24) is 4.57 Å². The zero-order chi connectivity index (χ0) is 14.9. The number of nitrogens with one attached hydrogen (secondary N) is 1. The number of anilines is 1. The van der Waals surface area contributed by atoms with Crippen LogP contribution in [0.25, 0.3) is 0 Å². The molecule has 0 unspecified atom stereocenters. The van der Waals surface area contributed by atoms with Crippen LogP contribution in [0.3, 0.4) is 0 Å². The molecule has 2 aromatic rings. The van der Waals surface area contributed by atoms with Crippen molar-refractivity contribution < 1.29 is 18.3 Å². The molecule has 0 atom stereocenters. The maximum absolute atomic E-state index is 12.9. The van der Waals surface area contributed by atoms with Crippen LogP contribution >= 0.6 is 0 Å². The molecule has 0 radical (unpaired) electrons. The van der Waals surface area contributed by atoms with E-state index in [9.17, 15) is 8.78 Å². The highest BCUT2D eigenvalue weighted by atomic mass is 19.3. The summed E-state index contributed by atoms with van der Waals surface area (Å²) < 4.78 is 36.9. The maximum atomic E-state index is 12.9. The summed E-state index contributed by atoms with van der Waals surface area (Å²) in [5.41, 5.74) is 1.85. The van der Waals surface area contributed by atoms with Gasteiger partial charge in [0.1, 0.15) is 0 Å². The number of aromatic nitrogens is 1. The van der Waals surface area contributed by atoms with Crippen molar-refractivity contribution in [2.45, 2.75) is 32.7 Å². The maximum Gasteiger partial charge on any atom is 0.586 e. The number of fused-ring (bicyclic) bond motifs is 1. The Hall–Kier alpha value is -2.24. The second-order valence-corrected chi connectivity index (χ2v) is 4.88. The second-order valence-electron chi connectivity index (χ2n) is 4.88. The summed E-state index contributed by atoms with van der Waals surface area (Å²) >= 11 is 0. The van der Waals surface area contributed by atoms with Crippen LogP contribution < -0.4 is 14.8 Å². The van der Waals surface area contributed by atoms with Crippen molar-refractivity contribution >= 4 is 5.69 Å². The van der Waals surface area contributed by atoms with Crippen LogP contribution in [0.2, 0.25) is 0 Å². The summed E-state index contributed by atoms with van der Waals surface area (Å²) in [4.78, 5) is 0. The number of nitrogens with zero attached hydrogens (tertiary/aromatic N) is 1. The van der Waals surface area contributed by atoms with E-state index in [0.29, 0.717) is 12.2 Å². The lowest BCUT2D eigenvalue weighted by Crippen LogP contribution is -2.25. The Kier molecular flexibility index (Phi) is 3.45. The fourth-order valence-electron chi connectivity index (χ4n) is 2.32. The van der Waals surface area contributed by atoms with E-state index in [1.165, 1.54) is 12.1 Å². The number of ether oxygens (including phenoxy) is 2. The van der Waals surface area contributed by atoms with Crippen LogP contribution in [0.5, 0.6) is 11.5 Å². The Morgan fingerprint density at radius 3 is 2.81 bits per heavy atom. The van der Waals surface area contributed by atoms with E-state index in [1.807, 2.05) is 18.3 Å². The highest BCUT2D eigenvalue weighted by Crippen LogP contribution is 2.42. The first-order valence-electron chi connectivity index (χ1n) is 6.85. The Balaban J connectivity index is 1.68. The van der Waals surface area contributed by atoms with Gasteiger partial charge in [0.05, 0.1) is 6.54 Å². The van der Waals surface area contributed by atoms with Gasteiger partial charge in [-0.15, -0.1) is 8.78 Å². The number of rotatable bonds is 5. The van der Waals surface area contributed by atoms with Gasteiger partial charge in [0.15, 0.2) is 11.5 Å². The van der Waals surface area contributed by atoms with Gasteiger partial charge >= 0.3 is 6.29 Å². The molecule has 0 saturated carbocycles. The molecule has 112 valence electrons. The zero-order valence-corrected chi connectivity index (χ0v) is 11.6. The molecular formula is C15H16F2N2O2. The van der Waals surface area contributed by atoms with Crippen LogP contribution in [0.1, 0.15) is 19.0 Å². The highest BCUT2D eigenvalue weighted by Gasteiger charge is 2.43. The van der Waals surface area contributed by atoms with E-state index in [4.69, 9.17) is 0 Å². The molecule has 0 amide bonds. The SMILES string of the molecule is CCCn1cccc1CNc1ccc2c(c1)OC(F)(F)O2. The number of hydrogen-bond acceptors (Lipinski definition) is 3. The molecule has 0 bridgehead atoms. The van der Waals surface area contributed by atoms with E-state index >= 15 is 0 Å². The molecule has 21 heavy (non-hydrogen) atoms. The third-order valence-corrected chi connectivity index (χ3v) is 3.26. The van der Waals surface area contributed by atoms with Crippen molar-refractivity contribution in [3.63, 3.8) is 0 Å². The van der Waals surface area contributed by atoms with Crippen LogP contribution in [-0.4, -0.2) is 10.9 Å². The van der Waals surface area contributed by atoms with Gasteiger partial charge in [-0.2, -0.15) is 0 Å². The van der Waals surface area contributed by atoms with Crippen molar-refractivity contribution in [3.8, 4) is 11.5 Å². The topological polar surface area (TPSA) is 35.4 Å². The van der Waals surface area contributed by atoms with Gasteiger partial charge < -0.3 is 19.4 Å². The molecule has 1 aliphatic heterocycles. The smallest absolute Gasteiger partial charge is 0.395 e. The fourth-order valence-corrected chi connectivity index (χ4v) is 2.32.